The summed E-state index contributed by atoms with van der Waals surface area (Å²) in [7, 11) is 0. The fourth-order valence-corrected chi connectivity index (χ4v) is 1.97. The highest BCUT2D eigenvalue weighted by Crippen LogP contribution is 2.38. The van der Waals surface area contributed by atoms with Gasteiger partial charge in [-0.15, -0.1) is 0 Å². The van der Waals surface area contributed by atoms with Gasteiger partial charge in [-0.3, -0.25) is 0 Å². The number of hydrogen-bond acceptors (Lipinski definition) is 3. The monoisotopic (exact) mass is 169 g/mol. The van der Waals surface area contributed by atoms with E-state index in [1.807, 2.05) is 0 Å². The highest BCUT2D eigenvalue weighted by atomic mass is 16.5. The molecule has 2 aliphatic rings. The van der Waals surface area contributed by atoms with Crippen LogP contribution < -0.4 is 5.73 Å². The molecule has 1 aliphatic heterocycles. The number of nitrogens with two attached hydrogens (primary N) is 1. The normalized spacial score (nSPS) is 41.2. The second-order valence-corrected chi connectivity index (χ2v) is 3.84. The lowest BCUT2D eigenvalue weighted by molar-refractivity contribution is 0.0344. The van der Waals surface area contributed by atoms with Gasteiger partial charge in [0, 0.05) is 5.54 Å². The molecule has 3 N–H and O–H groups in total. The Kier molecular flexibility index (Phi) is 1.85. The van der Waals surface area contributed by atoms with Gasteiger partial charge in [-0.05, 0) is 31.3 Å². The first kappa shape index (κ1) is 8.08. The van der Waals surface area contributed by atoms with E-state index in [1.165, 1.54) is 5.57 Å². The molecule has 1 aliphatic carbocycles. The van der Waals surface area contributed by atoms with Crippen LogP contribution in [0.3, 0.4) is 0 Å². The number of aliphatic hydroxyl groups excluding tert-OH is 1. The van der Waals surface area contributed by atoms with Crippen LogP contribution in [0.5, 0.6) is 0 Å². The Bertz CT molecular complexity index is 207. The van der Waals surface area contributed by atoms with E-state index in [2.05, 4.69) is 0 Å². The van der Waals surface area contributed by atoms with Crippen LogP contribution in [-0.4, -0.2) is 23.4 Å². The fourth-order valence-electron chi connectivity index (χ4n) is 1.97. The summed E-state index contributed by atoms with van der Waals surface area (Å²) in [4.78, 5) is 0. The smallest absolute Gasteiger partial charge is 0.0876 e. The summed E-state index contributed by atoms with van der Waals surface area (Å²) in [6.45, 7) is 0.808. The molecule has 1 saturated carbocycles. The molecule has 12 heavy (non-hydrogen) atoms. The summed E-state index contributed by atoms with van der Waals surface area (Å²) in [6, 6.07) is 0. The van der Waals surface area contributed by atoms with Gasteiger partial charge < -0.3 is 15.6 Å². The molecule has 0 amide bonds. The Balaban J connectivity index is 2.03. The van der Waals surface area contributed by atoms with Crippen molar-refractivity contribution in [2.75, 3.05) is 6.61 Å². The number of hydrogen-bond donors (Lipinski definition) is 2. The Morgan fingerprint density at radius 1 is 1.58 bits per heavy atom. The second kappa shape index (κ2) is 2.75. The number of aliphatic hydroxyl groups is 1. The van der Waals surface area contributed by atoms with Crippen molar-refractivity contribution in [1.82, 2.24) is 0 Å². The maximum Gasteiger partial charge on any atom is 0.0876 e. The van der Waals surface area contributed by atoms with Gasteiger partial charge in [0.25, 0.3) is 0 Å². The van der Waals surface area contributed by atoms with Gasteiger partial charge in [0.1, 0.15) is 0 Å². The molecule has 0 aromatic heterocycles. The fraction of sp³-hybridized carbons (Fsp3) is 0.778. The average Bonchev–Trinajstić information content (AvgIpc) is 2.04. The predicted octanol–water partition coefficient (Wildman–Crippen LogP) is 0.533. The lowest BCUT2D eigenvalue weighted by Crippen LogP contribution is -2.56. The van der Waals surface area contributed by atoms with E-state index in [-0.39, 0.29) is 11.6 Å². The molecule has 0 aromatic rings. The molecule has 0 radical (unpaired) electrons. The van der Waals surface area contributed by atoms with Crippen molar-refractivity contribution in [3.05, 3.63) is 11.8 Å². The highest BCUT2D eigenvalue weighted by Gasteiger charge is 2.43. The Morgan fingerprint density at radius 3 is 2.83 bits per heavy atom. The average molecular weight is 169 g/mol. The van der Waals surface area contributed by atoms with Gasteiger partial charge in [-0.1, -0.05) is 0 Å². The van der Waals surface area contributed by atoms with Crippen molar-refractivity contribution < 1.29 is 9.84 Å². The van der Waals surface area contributed by atoms with E-state index in [4.69, 9.17) is 15.6 Å². The maximum atomic E-state index is 9.17. The second-order valence-electron chi connectivity index (χ2n) is 3.84. The van der Waals surface area contributed by atoms with E-state index in [9.17, 15) is 0 Å². The molecule has 0 spiro atoms. The molecule has 68 valence electrons. The van der Waals surface area contributed by atoms with Crippen LogP contribution in [0.25, 0.3) is 0 Å². The predicted molar refractivity (Wildman–Crippen MR) is 45.4 cm³/mol. The van der Waals surface area contributed by atoms with Crippen LogP contribution in [0.4, 0.5) is 0 Å². The van der Waals surface area contributed by atoms with Crippen LogP contribution in [0.2, 0.25) is 0 Å². The summed E-state index contributed by atoms with van der Waals surface area (Å²) < 4.78 is 5.22. The van der Waals surface area contributed by atoms with Crippen LogP contribution in [0.15, 0.2) is 11.8 Å². The third-order valence-corrected chi connectivity index (χ3v) is 2.77. The lowest BCUT2D eigenvalue weighted by atomic mass is 9.69. The van der Waals surface area contributed by atoms with E-state index in [0.29, 0.717) is 12.8 Å². The van der Waals surface area contributed by atoms with Crippen LogP contribution >= 0.6 is 0 Å². The molecule has 3 heteroatoms. The van der Waals surface area contributed by atoms with Crippen molar-refractivity contribution in [2.45, 2.75) is 37.3 Å². The lowest BCUT2D eigenvalue weighted by Gasteiger charge is -2.44. The van der Waals surface area contributed by atoms with Crippen LogP contribution in [0.1, 0.15) is 25.7 Å². The Hall–Kier alpha value is -0.540. The SMILES string of the molecule is NC1(C2=COCCC2)CC(O)C1. The number of rotatable bonds is 1. The summed E-state index contributed by atoms with van der Waals surface area (Å²) in [5, 5.41) is 9.17. The Morgan fingerprint density at radius 2 is 2.33 bits per heavy atom. The minimum absolute atomic E-state index is 0.196. The molecule has 0 atom stereocenters. The zero-order valence-electron chi connectivity index (χ0n) is 7.12. The maximum absolute atomic E-state index is 9.17. The quantitative estimate of drug-likeness (QED) is 0.602. The first-order chi connectivity index (χ1) is 5.71. The van der Waals surface area contributed by atoms with Gasteiger partial charge in [0.15, 0.2) is 0 Å². The van der Waals surface area contributed by atoms with Crippen molar-refractivity contribution in [3.8, 4) is 0 Å². The molecular weight excluding hydrogens is 154 g/mol. The molecule has 1 heterocycles. The van der Waals surface area contributed by atoms with Gasteiger partial charge in [-0.25, -0.2) is 0 Å². The molecule has 1 fully saturated rings. The summed E-state index contributed by atoms with van der Waals surface area (Å²) in [6.07, 6.45) is 5.07. The molecular formula is C9H15NO2. The summed E-state index contributed by atoms with van der Waals surface area (Å²) in [5.41, 5.74) is 6.99. The zero-order chi connectivity index (χ0) is 8.60. The van der Waals surface area contributed by atoms with Crippen LogP contribution in [0, 0.1) is 0 Å². The minimum atomic E-state index is -0.250. The third kappa shape index (κ3) is 1.23. The zero-order valence-corrected chi connectivity index (χ0v) is 7.12. The van der Waals surface area contributed by atoms with Crippen LogP contribution in [-0.2, 0) is 4.74 Å². The highest BCUT2D eigenvalue weighted by molar-refractivity contribution is 5.24. The largest absolute Gasteiger partial charge is 0.501 e. The van der Waals surface area contributed by atoms with Gasteiger partial charge in [0.05, 0.1) is 19.0 Å². The molecule has 0 unspecified atom stereocenters. The molecule has 2 rings (SSSR count). The summed E-state index contributed by atoms with van der Waals surface area (Å²) in [5.74, 6) is 0. The molecule has 0 saturated heterocycles. The minimum Gasteiger partial charge on any atom is -0.501 e. The van der Waals surface area contributed by atoms with E-state index < -0.39 is 0 Å². The third-order valence-electron chi connectivity index (χ3n) is 2.77. The Labute approximate surface area is 72.2 Å². The molecule has 3 nitrogen and oxygen atoms in total. The van der Waals surface area contributed by atoms with E-state index in [0.717, 1.165) is 19.4 Å². The van der Waals surface area contributed by atoms with Crippen molar-refractivity contribution >= 4 is 0 Å². The van der Waals surface area contributed by atoms with Gasteiger partial charge >= 0.3 is 0 Å². The topological polar surface area (TPSA) is 55.5 Å². The van der Waals surface area contributed by atoms with Crippen molar-refractivity contribution in [3.63, 3.8) is 0 Å². The first-order valence-electron chi connectivity index (χ1n) is 4.49. The standard InChI is InChI=1S/C9H15NO2/c10-9(4-8(11)5-9)7-2-1-3-12-6-7/h6,8,11H,1-5,10H2. The first-order valence-corrected chi connectivity index (χ1v) is 4.49. The number of ether oxygens (including phenoxy) is 1. The van der Waals surface area contributed by atoms with E-state index in [1.54, 1.807) is 6.26 Å². The van der Waals surface area contributed by atoms with Crippen molar-refractivity contribution in [1.29, 1.82) is 0 Å². The molecule has 0 aromatic carbocycles. The van der Waals surface area contributed by atoms with Gasteiger partial charge in [-0.2, -0.15) is 0 Å². The summed E-state index contributed by atoms with van der Waals surface area (Å²) >= 11 is 0. The van der Waals surface area contributed by atoms with Crippen molar-refractivity contribution in [2.24, 2.45) is 5.73 Å². The van der Waals surface area contributed by atoms with E-state index >= 15 is 0 Å². The van der Waals surface area contributed by atoms with Gasteiger partial charge in [0.2, 0.25) is 0 Å². The molecule has 0 bridgehead atoms.